The molecule has 4 rings (SSSR count). The Morgan fingerprint density at radius 1 is 0.838 bits per heavy atom. The van der Waals surface area contributed by atoms with Crippen LogP contribution in [-0.4, -0.2) is 71.0 Å². The molecule has 196 valence electrons. The van der Waals surface area contributed by atoms with E-state index in [9.17, 15) is 24.3 Å². The number of benzene rings is 2. The van der Waals surface area contributed by atoms with E-state index in [1.807, 2.05) is 60.7 Å². The number of carboxylic acid groups (broad SMARTS) is 1. The van der Waals surface area contributed by atoms with Crippen molar-refractivity contribution >= 4 is 23.7 Å². The number of nitrogens with one attached hydrogen (secondary N) is 3. The van der Waals surface area contributed by atoms with E-state index in [0.717, 1.165) is 24.1 Å². The molecule has 2 aliphatic heterocycles. The molecule has 2 saturated heterocycles. The van der Waals surface area contributed by atoms with Crippen LogP contribution in [0.2, 0.25) is 0 Å². The molecule has 4 N–H and O–H groups in total. The van der Waals surface area contributed by atoms with E-state index in [0.29, 0.717) is 32.2 Å². The molecule has 2 aromatic rings. The highest BCUT2D eigenvalue weighted by atomic mass is 16.4. The maximum atomic E-state index is 13.7. The highest BCUT2D eigenvalue weighted by molar-refractivity contribution is 5.94. The summed E-state index contributed by atoms with van der Waals surface area (Å²) < 4.78 is 0. The SMILES string of the molecule is O=C(O)C(Cc1ccccc1)NC(=O)C1CCCN1C(=O)C(Cc1ccccc1)NC(=O)C1CCCN1. The highest BCUT2D eigenvalue weighted by Crippen LogP contribution is 2.21. The largest absolute Gasteiger partial charge is 0.480 e. The van der Waals surface area contributed by atoms with Gasteiger partial charge in [0.1, 0.15) is 18.1 Å². The van der Waals surface area contributed by atoms with Gasteiger partial charge in [-0.05, 0) is 43.4 Å². The lowest BCUT2D eigenvalue weighted by Crippen LogP contribution is -2.57. The number of aliphatic carboxylic acids is 1. The number of hydrogen-bond acceptors (Lipinski definition) is 5. The molecule has 2 heterocycles. The first-order chi connectivity index (χ1) is 17.9. The van der Waals surface area contributed by atoms with Crippen molar-refractivity contribution in [2.45, 2.75) is 62.7 Å². The first-order valence-corrected chi connectivity index (χ1v) is 12.9. The van der Waals surface area contributed by atoms with Gasteiger partial charge in [-0.25, -0.2) is 4.79 Å². The average molecular weight is 507 g/mol. The van der Waals surface area contributed by atoms with Crippen molar-refractivity contribution in [3.63, 3.8) is 0 Å². The lowest BCUT2D eigenvalue weighted by Gasteiger charge is -2.30. The Bertz CT molecular complexity index is 1090. The lowest BCUT2D eigenvalue weighted by atomic mass is 10.0. The molecule has 0 spiro atoms. The molecule has 9 heteroatoms. The smallest absolute Gasteiger partial charge is 0.326 e. The van der Waals surface area contributed by atoms with Crippen molar-refractivity contribution in [1.82, 2.24) is 20.9 Å². The van der Waals surface area contributed by atoms with E-state index in [4.69, 9.17) is 0 Å². The van der Waals surface area contributed by atoms with E-state index in [1.54, 1.807) is 0 Å². The fraction of sp³-hybridized carbons (Fsp3) is 0.429. The van der Waals surface area contributed by atoms with Crippen molar-refractivity contribution in [2.24, 2.45) is 0 Å². The van der Waals surface area contributed by atoms with Crippen molar-refractivity contribution in [3.05, 3.63) is 71.8 Å². The molecule has 4 atom stereocenters. The molecule has 2 aliphatic rings. The van der Waals surface area contributed by atoms with Crippen LogP contribution < -0.4 is 16.0 Å². The minimum absolute atomic E-state index is 0.143. The molecular formula is C28H34N4O5. The van der Waals surface area contributed by atoms with Crippen molar-refractivity contribution in [1.29, 1.82) is 0 Å². The fourth-order valence-corrected chi connectivity index (χ4v) is 5.05. The molecule has 3 amide bonds. The van der Waals surface area contributed by atoms with Crippen molar-refractivity contribution < 1.29 is 24.3 Å². The zero-order chi connectivity index (χ0) is 26.2. The number of carbonyl (C=O) groups is 4. The number of likely N-dealkylation sites (tertiary alicyclic amines) is 1. The van der Waals surface area contributed by atoms with Gasteiger partial charge in [0.2, 0.25) is 17.7 Å². The molecule has 2 aromatic carbocycles. The van der Waals surface area contributed by atoms with E-state index >= 15 is 0 Å². The maximum Gasteiger partial charge on any atom is 0.326 e. The molecule has 0 aromatic heterocycles. The molecule has 9 nitrogen and oxygen atoms in total. The van der Waals surface area contributed by atoms with Gasteiger partial charge < -0.3 is 26.0 Å². The summed E-state index contributed by atoms with van der Waals surface area (Å²) >= 11 is 0. The van der Waals surface area contributed by atoms with E-state index in [2.05, 4.69) is 16.0 Å². The maximum absolute atomic E-state index is 13.7. The Kier molecular flexibility index (Phi) is 8.90. The predicted octanol–water partition coefficient (Wildman–Crippen LogP) is 1.27. The second-order valence-corrected chi connectivity index (χ2v) is 9.68. The summed E-state index contributed by atoms with van der Waals surface area (Å²) in [6.45, 7) is 1.13. The predicted molar refractivity (Wildman–Crippen MR) is 138 cm³/mol. The lowest BCUT2D eigenvalue weighted by molar-refractivity contribution is -0.144. The number of amides is 3. The van der Waals surface area contributed by atoms with Crippen LogP contribution in [-0.2, 0) is 32.0 Å². The van der Waals surface area contributed by atoms with Crippen LogP contribution in [0.1, 0.15) is 36.8 Å². The molecule has 0 saturated carbocycles. The van der Waals surface area contributed by atoms with Gasteiger partial charge in [0.05, 0.1) is 6.04 Å². The average Bonchev–Trinajstić information content (AvgIpc) is 3.61. The van der Waals surface area contributed by atoms with Gasteiger partial charge in [0, 0.05) is 19.4 Å². The topological polar surface area (TPSA) is 128 Å². The first-order valence-electron chi connectivity index (χ1n) is 12.9. The van der Waals surface area contributed by atoms with Gasteiger partial charge in [0.15, 0.2) is 0 Å². The summed E-state index contributed by atoms with van der Waals surface area (Å²) in [5.41, 5.74) is 1.69. The van der Waals surface area contributed by atoms with E-state index in [1.165, 1.54) is 4.90 Å². The third kappa shape index (κ3) is 6.95. The highest BCUT2D eigenvalue weighted by Gasteiger charge is 2.39. The second kappa shape index (κ2) is 12.5. The summed E-state index contributed by atoms with van der Waals surface area (Å²) in [6, 6.07) is 15.5. The van der Waals surface area contributed by atoms with Crippen LogP contribution in [0.5, 0.6) is 0 Å². The van der Waals surface area contributed by atoms with Gasteiger partial charge in [-0.3, -0.25) is 14.4 Å². The van der Waals surface area contributed by atoms with Crippen LogP contribution >= 0.6 is 0 Å². The molecule has 0 aliphatic carbocycles. The Morgan fingerprint density at radius 3 is 2.00 bits per heavy atom. The molecule has 0 radical (unpaired) electrons. The zero-order valence-electron chi connectivity index (χ0n) is 20.8. The van der Waals surface area contributed by atoms with Crippen LogP contribution in [0, 0.1) is 0 Å². The van der Waals surface area contributed by atoms with Crippen molar-refractivity contribution in [2.75, 3.05) is 13.1 Å². The number of carboxylic acids is 1. The fourth-order valence-electron chi connectivity index (χ4n) is 5.05. The number of nitrogens with zero attached hydrogens (tertiary/aromatic N) is 1. The quantitative estimate of drug-likeness (QED) is 0.384. The van der Waals surface area contributed by atoms with Crippen molar-refractivity contribution in [3.8, 4) is 0 Å². The van der Waals surface area contributed by atoms with E-state index < -0.39 is 30.0 Å². The van der Waals surface area contributed by atoms with Crippen LogP contribution in [0.25, 0.3) is 0 Å². The van der Waals surface area contributed by atoms with Gasteiger partial charge in [-0.15, -0.1) is 0 Å². The Morgan fingerprint density at radius 2 is 1.43 bits per heavy atom. The Labute approximate surface area is 216 Å². The Balaban J connectivity index is 1.47. The zero-order valence-corrected chi connectivity index (χ0v) is 20.8. The summed E-state index contributed by atoms with van der Waals surface area (Å²) in [4.78, 5) is 53.2. The molecule has 4 unspecified atom stereocenters. The normalized spacial score (nSPS) is 20.7. The van der Waals surface area contributed by atoms with Crippen LogP contribution in [0.15, 0.2) is 60.7 Å². The molecular weight excluding hydrogens is 472 g/mol. The van der Waals surface area contributed by atoms with Gasteiger partial charge in [-0.2, -0.15) is 0 Å². The Hall–Kier alpha value is -3.72. The van der Waals surface area contributed by atoms with Gasteiger partial charge in [-0.1, -0.05) is 60.7 Å². The molecule has 2 fully saturated rings. The minimum Gasteiger partial charge on any atom is -0.480 e. The number of carbonyl (C=O) groups excluding carboxylic acids is 3. The standard InChI is InChI=1S/C28H34N4O5/c33-25(21-13-7-15-29-21)30-22(17-19-9-3-1-4-10-19)27(35)32-16-8-14-24(32)26(34)31-23(28(36)37)18-20-11-5-2-6-12-20/h1-6,9-12,21-24,29H,7-8,13-18H2,(H,30,33)(H,31,34)(H,36,37). The van der Waals surface area contributed by atoms with Gasteiger partial charge >= 0.3 is 5.97 Å². The molecule has 37 heavy (non-hydrogen) atoms. The van der Waals surface area contributed by atoms with E-state index in [-0.39, 0.29) is 24.3 Å². The third-order valence-corrected chi connectivity index (χ3v) is 7.01. The molecule has 0 bridgehead atoms. The van der Waals surface area contributed by atoms with Gasteiger partial charge in [0.25, 0.3) is 0 Å². The monoisotopic (exact) mass is 506 g/mol. The number of hydrogen-bond donors (Lipinski definition) is 4. The second-order valence-electron chi connectivity index (χ2n) is 9.68. The number of rotatable bonds is 10. The third-order valence-electron chi connectivity index (χ3n) is 7.01. The summed E-state index contributed by atoms with van der Waals surface area (Å²) in [5.74, 6) is -2.17. The van der Waals surface area contributed by atoms with Crippen LogP contribution in [0.4, 0.5) is 0 Å². The minimum atomic E-state index is -1.13. The summed E-state index contributed by atoms with van der Waals surface area (Å²) in [7, 11) is 0. The summed E-state index contributed by atoms with van der Waals surface area (Å²) in [6.07, 6.45) is 3.11. The van der Waals surface area contributed by atoms with Crippen LogP contribution in [0.3, 0.4) is 0 Å². The first kappa shape index (κ1) is 26.3. The summed E-state index contributed by atoms with van der Waals surface area (Å²) in [5, 5.41) is 18.4.